The molecule has 0 aliphatic rings. The average molecular weight is 387 g/mol. The van der Waals surface area contributed by atoms with Crippen LogP contribution in [0.2, 0.25) is 5.02 Å². The van der Waals surface area contributed by atoms with E-state index in [0.717, 1.165) is 6.20 Å². The lowest BCUT2D eigenvalue weighted by atomic mass is 10.2. The SMILES string of the molecule is CCOc1ccc(NC(=O)/C(C#N)=C\Nc2ccc(Cl)c([N+](=O)[O-])c2)cc1. The quantitative estimate of drug-likeness (QED) is 0.320. The second-order valence-electron chi connectivity index (χ2n) is 5.15. The van der Waals surface area contributed by atoms with Crippen LogP contribution in [0.15, 0.2) is 54.2 Å². The zero-order valence-corrected chi connectivity index (χ0v) is 15.0. The van der Waals surface area contributed by atoms with Crippen molar-refractivity contribution < 1.29 is 14.5 Å². The molecular weight excluding hydrogens is 372 g/mol. The molecule has 138 valence electrons. The van der Waals surface area contributed by atoms with Gasteiger partial charge in [-0.15, -0.1) is 0 Å². The van der Waals surface area contributed by atoms with E-state index >= 15 is 0 Å². The summed E-state index contributed by atoms with van der Waals surface area (Å²) in [5.41, 5.74) is 0.313. The average Bonchev–Trinajstić information content (AvgIpc) is 2.65. The Kier molecular flexibility index (Phi) is 6.74. The van der Waals surface area contributed by atoms with Gasteiger partial charge in [-0.05, 0) is 43.3 Å². The van der Waals surface area contributed by atoms with Gasteiger partial charge in [-0.3, -0.25) is 14.9 Å². The minimum Gasteiger partial charge on any atom is -0.494 e. The molecule has 1 amide bonds. The summed E-state index contributed by atoms with van der Waals surface area (Å²) < 4.78 is 5.31. The first-order valence-electron chi connectivity index (χ1n) is 7.79. The molecule has 0 aromatic heterocycles. The van der Waals surface area contributed by atoms with Gasteiger partial charge in [0.25, 0.3) is 11.6 Å². The van der Waals surface area contributed by atoms with E-state index in [4.69, 9.17) is 16.3 Å². The van der Waals surface area contributed by atoms with Gasteiger partial charge in [0, 0.05) is 23.6 Å². The van der Waals surface area contributed by atoms with Crippen molar-refractivity contribution in [3.05, 3.63) is 69.4 Å². The number of carbonyl (C=O) groups excluding carboxylic acids is 1. The highest BCUT2D eigenvalue weighted by molar-refractivity contribution is 6.32. The lowest BCUT2D eigenvalue weighted by Gasteiger charge is -2.07. The highest BCUT2D eigenvalue weighted by atomic mass is 35.5. The molecule has 0 aliphatic carbocycles. The molecule has 2 rings (SSSR count). The number of nitrogens with one attached hydrogen (secondary N) is 2. The lowest BCUT2D eigenvalue weighted by Crippen LogP contribution is -2.14. The van der Waals surface area contributed by atoms with E-state index in [1.54, 1.807) is 30.3 Å². The second kappa shape index (κ2) is 9.22. The van der Waals surface area contributed by atoms with Gasteiger partial charge in [0.05, 0.1) is 11.5 Å². The standard InChI is InChI=1S/C18H15ClN4O4/c1-2-27-15-6-3-13(4-7-15)22-18(24)12(10-20)11-21-14-5-8-16(19)17(9-14)23(25)26/h3-9,11,21H,2H2,1H3,(H,22,24)/b12-11-. The van der Waals surface area contributed by atoms with Crippen LogP contribution in [0.5, 0.6) is 5.75 Å². The Morgan fingerprint density at radius 1 is 1.30 bits per heavy atom. The van der Waals surface area contributed by atoms with E-state index in [0.29, 0.717) is 23.7 Å². The third kappa shape index (κ3) is 5.45. The summed E-state index contributed by atoms with van der Waals surface area (Å²) in [6.45, 7) is 2.39. The van der Waals surface area contributed by atoms with E-state index in [9.17, 15) is 20.2 Å². The van der Waals surface area contributed by atoms with Crippen LogP contribution in [-0.4, -0.2) is 17.4 Å². The number of anilines is 2. The summed E-state index contributed by atoms with van der Waals surface area (Å²) in [4.78, 5) is 22.5. The normalized spacial score (nSPS) is 10.6. The number of nitro groups is 1. The Balaban J connectivity index is 2.09. The maximum atomic E-state index is 12.2. The minimum absolute atomic E-state index is 0.0109. The number of hydrogen-bond acceptors (Lipinski definition) is 6. The van der Waals surface area contributed by atoms with E-state index < -0.39 is 10.8 Å². The Labute approximate surface area is 160 Å². The molecule has 8 nitrogen and oxygen atoms in total. The van der Waals surface area contributed by atoms with Crippen molar-refractivity contribution in [3.8, 4) is 11.8 Å². The maximum Gasteiger partial charge on any atom is 0.289 e. The van der Waals surface area contributed by atoms with Crippen LogP contribution in [0.25, 0.3) is 0 Å². The van der Waals surface area contributed by atoms with Crippen molar-refractivity contribution in [2.45, 2.75) is 6.92 Å². The summed E-state index contributed by atoms with van der Waals surface area (Å²) in [6, 6.07) is 12.5. The molecule has 0 aliphatic heterocycles. The fraction of sp³-hybridized carbons (Fsp3) is 0.111. The van der Waals surface area contributed by atoms with Crippen molar-refractivity contribution >= 4 is 34.6 Å². The molecule has 9 heteroatoms. The van der Waals surface area contributed by atoms with Gasteiger partial charge in [-0.25, -0.2) is 0 Å². The number of nitrogens with zero attached hydrogens (tertiary/aromatic N) is 2. The molecule has 0 heterocycles. The summed E-state index contributed by atoms with van der Waals surface area (Å²) >= 11 is 5.74. The number of nitriles is 1. The maximum absolute atomic E-state index is 12.2. The summed E-state index contributed by atoms with van der Waals surface area (Å²) in [7, 11) is 0. The van der Waals surface area contributed by atoms with Gasteiger partial charge < -0.3 is 15.4 Å². The number of halogens is 1. The molecule has 27 heavy (non-hydrogen) atoms. The summed E-state index contributed by atoms with van der Waals surface area (Å²) in [5, 5.41) is 25.3. The van der Waals surface area contributed by atoms with Crippen LogP contribution in [0.1, 0.15) is 6.92 Å². The third-order valence-electron chi connectivity index (χ3n) is 3.31. The molecule has 0 saturated heterocycles. The number of benzene rings is 2. The highest BCUT2D eigenvalue weighted by Gasteiger charge is 2.13. The Morgan fingerprint density at radius 2 is 1.96 bits per heavy atom. The molecule has 2 aromatic rings. The van der Waals surface area contributed by atoms with Crippen LogP contribution in [-0.2, 0) is 4.79 Å². The molecule has 0 bridgehead atoms. The van der Waals surface area contributed by atoms with Crippen molar-refractivity contribution in [2.24, 2.45) is 0 Å². The molecule has 0 spiro atoms. The fourth-order valence-corrected chi connectivity index (χ4v) is 2.23. The van der Waals surface area contributed by atoms with Gasteiger partial charge in [-0.1, -0.05) is 11.6 Å². The van der Waals surface area contributed by atoms with E-state index in [1.807, 2.05) is 6.92 Å². The van der Waals surface area contributed by atoms with E-state index in [1.165, 1.54) is 18.2 Å². The van der Waals surface area contributed by atoms with Gasteiger partial charge in [0.15, 0.2) is 0 Å². The molecular formula is C18H15ClN4O4. The van der Waals surface area contributed by atoms with Gasteiger partial charge >= 0.3 is 0 Å². The van der Waals surface area contributed by atoms with Crippen molar-refractivity contribution in [2.75, 3.05) is 17.2 Å². The first-order chi connectivity index (χ1) is 12.9. The first kappa shape index (κ1) is 19.8. The van der Waals surface area contributed by atoms with Gasteiger partial charge in [0.1, 0.15) is 22.4 Å². The number of hydrogen-bond donors (Lipinski definition) is 2. The molecule has 0 fully saturated rings. The Morgan fingerprint density at radius 3 is 2.56 bits per heavy atom. The van der Waals surface area contributed by atoms with Crippen molar-refractivity contribution in [1.29, 1.82) is 5.26 Å². The first-order valence-corrected chi connectivity index (χ1v) is 8.17. The minimum atomic E-state index is -0.627. The number of amides is 1. The third-order valence-corrected chi connectivity index (χ3v) is 3.63. The molecule has 2 N–H and O–H groups in total. The van der Waals surface area contributed by atoms with E-state index in [2.05, 4.69) is 10.6 Å². The topological polar surface area (TPSA) is 117 Å². The van der Waals surface area contributed by atoms with Crippen LogP contribution in [0.4, 0.5) is 17.1 Å². The molecule has 0 radical (unpaired) electrons. The summed E-state index contributed by atoms with van der Waals surface area (Å²) in [6.07, 6.45) is 1.16. The number of nitro benzene ring substituents is 1. The monoisotopic (exact) mass is 386 g/mol. The molecule has 0 unspecified atom stereocenters. The zero-order chi connectivity index (χ0) is 19.8. The second-order valence-corrected chi connectivity index (χ2v) is 5.56. The van der Waals surface area contributed by atoms with E-state index in [-0.39, 0.29) is 16.3 Å². The number of rotatable bonds is 7. The Bertz CT molecular complexity index is 920. The predicted octanol–water partition coefficient (Wildman–Crippen LogP) is 4.10. The zero-order valence-electron chi connectivity index (χ0n) is 14.2. The van der Waals surface area contributed by atoms with Crippen LogP contribution >= 0.6 is 11.6 Å². The van der Waals surface area contributed by atoms with Crippen molar-refractivity contribution in [1.82, 2.24) is 0 Å². The van der Waals surface area contributed by atoms with Crippen LogP contribution in [0.3, 0.4) is 0 Å². The summed E-state index contributed by atoms with van der Waals surface area (Å²) in [5.74, 6) is 0.0372. The Hall–Kier alpha value is -3.57. The molecule has 2 aromatic carbocycles. The van der Waals surface area contributed by atoms with Crippen molar-refractivity contribution in [3.63, 3.8) is 0 Å². The number of ether oxygens (including phenoxy) is 1. The van der Waals surface area contributed by atoms with Crippen LogP contribution < -0.4 is 15.4 Å². The smallest absolute Gasteiger partial charge is 0.289 e. The van der Waals surface area contributed by atoms with Gasteiger partial charge in [0.2, 0.25) is 0 Å². The van der Waals surface area contributed by atoms with Gasteiger partial charge in [-0.2, -0.15) is 5.26 Å². The fourth-order valence-electron chi connectivity index (χ4n) is 2.05. The predicted molar refractivity (Wildman–Crippen MR) is 102 cm³/mol. The largest absolute Gasteiger partial charge is 0.494 e. The molecule has 0 saturated carbocycles. The van der Waals surface area contributed by atoms with Crippen LogP contribution in [0, 0.1) is 21.4 Å². The lowest BCUT2D eigenvalue weighted by molar-refractivity contribution is -0.384. The highest BCUT2D eigenvalue weighted by Crippen LogP contribution is 2.27. The number of carbonyl (C=O) groups is 1. The molecule has 0 atom stereocenters.